The molecule has 0 aliphatic carbocycles. The molecular formula is C11H24O3Si. The predicted molar refractivity (Wildman–Crippen MR) is 63.4 cm³/mol. The smallest absolute Gasteiger partial charge is 0.183 e. The number of rotatable bonds is 3. The van der Waals surface area contributed by atoms with Gasteiger partial charge in [0, 0.05) is 12.0 Å². The third kappa shape index (κ3) is 4.63. The van der Waals surface area contributed by atoms with Crippen LogP contribution in [0.15, 0.2) is 0 Å². The van der Waals surface area contributed by atoms with Gasteiger partial charge in [-0.2, -0.15) is 0 Å². The van der Waals surface area contributed by atoms with E-state index < -0.39 is 14.1 Å². The minimum Gasteiger partial charge on any atom is -0.417 e. The largest absolute Gasteiger partial charge is 0.417 e. The Morgan fingerprint density at radius 2 is 1.53 bits per heavy atom. The molecule has 0 saturated carbocycles. The highest BCUT2D eigenvalue weighted by atomic mass is 28.4. The SMILES string of the molecule is CC1(CO[Si](C)(C)C)COC(C)(C)OC1. The van der Waals surface area contributed by atoms with Crippen molar-refractivity contribution in [1.29, 1.82) is 0 Å². The van der Waals surface area contributed by atoms with Gasteiger partial charge in [0.2, 0.25) is 0 Å². The van der Waals surface area contributed by atoms with E-state index in [1.165, 1.54) is 0 Å². The van der Waals surface area contributed by atoms with E-state index in [1.54, 1.807) is 0 Å². The van der Waals surface area contributed by atoms with Crippen LogP contribution in [0.5, 0.6) is 0 Å². The summed E-state index contributed by atoms with van der Waals surface area (Å²) < 4.78 is 17.2. The Morgan fingerprint density at radius 1 is 1.07 bits per heavy atom. The summed E-state index contributed by atoms with van der Waals surface area (Å²) in [6.45, 7) is 14.8. The molecule has 0 aromatic carbocycles. The van der Waals surface area contributed by atoms with Crippen molar-refractivity contribution < 1.29 is 13.9 Å². The van der Waals surface area contributed by atoms with Gasteiger partial charge in [-0.05, 0) is 33.5 Å². The molecule has 0 unspecified atom stereocenters. The maximum absolute atomic E-state index is 5.92. The number of hydrogen-bond donors (Lipinski definition) is 0. The van der Waals surface area contributed by atoms with Crippen LogP contribution in [0.4, 0.5) is 0 Å². The second-order valence-electron chi connectivity index (χ2n) is 6.19. The first kappa shape index (κ1) is 13.2. The summed E-state index contributed by atoms with van der Waals surface area (Å²) in [7, 11) is -1.44. The molecule has 1 saturated heterocycles. The van der Waals surface area contributed by atoms with E-state index in [1.807, 2.05) is 13.8 Å². The highest BCUT2D eigenvalue weighted by Crippen LogP contribution is 2.30. The van der Waals surface area contributed by atoms with Crippen LogP contribution in [0, 0.1) is 5.41 Å². The second-order valence-corrected chi connectivity index (χ2v) is 10.7. The summed E-state index contributed by atoms with van der Waals surface area (Å²) in [6, 6.07) is 0. The molecule has 1 aliphatic heterocycles. The molecule has 1 aliphatic rings. The highest BCUT2D eigenvalue weighted by Gasteiger charge is 2.37. The summed E-state index contributed by atoms with van der Waals surface area (Å²) >= 11 is 0. The first-order valence-corrected chi connectivity index (χ1v) is 8.95. The van der Waals surface area contributed by atoms with Gasteiger partial charge in [0.25, 0.3) is 0 Å². The molecule has 0 N–H and O–H groups in total. The van der Waals surface area contributed by atoms with Gasteiger partial charge in [-0.15, -0.1) is 0 Å². The molecule has 90 valence electrons. The van der Waals surface area contributed by atoms with Gasteiger partial charge in [-0.1, -0.05) is 6.92 Å². The average Bonchev–Trinajstić information content (AvgIpc) is 2.07. The molecule has 1 rings (SSSR count). The van der Waals surface area contributed by atoms with Crippen LogP contribution in [0.1, 0.15) is 20.8 Å². The zero-order valence-electron chi connectivity index (χ0n) is 10.8. The molecule has 0 atom stereocenters. The molecule has 4 heteroatoms. The lowest BCUT2D eigenvalue weighted by atomic mass is 9.93. The molecule has 0 radical (unpaired) electrons. The lowest BCUT2D eigenvalue weighted by Gasteiger charge is -2.42. The Bertz CT molecular complexity index is 210. The van der Waals surface area contributed by atoms with Crippen LogP contribution in [-0.4, -0.2) is 33.9 Å². The third-order valence-electron chi connectivity index (χ3n) is 2.39. The van der Waals surface area contributed by atoms with E-state index in [0.29, 0.717) is 13.2 Å². The van der Waals surface area contributed by atoms with Gasteiger partial charge < -0.3 is 13.9 Å². The fourth-order valence-electron chi connectivity index (χ4n) is 1.25. The average molecular weight is 232 g/mol. The van der Waals surface area contributed by atoms with Crippen LogP contribution < -0.4 is 0 Å². The molecule has 3 nitrogen and oxygen atoms in total. The Morgan fingerprint density at radius 3 is 1.93 bits per heavy atom. The Balaban J connectivity index is 2.42. The highest BCUT2D eigenvalue weighted by molar-refractivity contribution is 6.69. The molecule has 0 spiro atoms. The van der Waals surface area contributed by atoms with Crippen LogP contribution in [-0.2, 0) is 13.9 Å². The van der Waals surface area contributed by atoms with Crippen molar-refractivity contribution in [3.8, 4) is 0 Å². The summed E-state index contributed by atoms with van der Waals surface area (Å²) in [4.78, 5) is 0. The predicted octanol–water partition coefficient (Wildman–Crippen LogP) is 2.63. The van der Waals surface area contributed by atoms with Crippen LogP contribution >= 0.6 is 0 Å². The summed E-state index contributed by atoms with van der Waals surface area (Å²) in [5.41, 5.74) is 0.00972. The van der Waals surface area contributed by atoms with E-state index in [4.69, 9.17) is 13.9 Å². The van der Waals surface area contributed by atoms with Gasteiger partial charge in [0.1, 0.15) is 0 Å². The molecule has 0 bridgehead atoms. The summed E-state index contributed by atoms with van der Waals surface area (Å²) in [5, 5.41) is 0. The van der Waals surface area contributed by atoms with Crippen LogP contribution in [0.25, 0.3) is 0 Å². The maximum Gasteiger partial charge on any atom is 0.183 e. The molecule has 0 aromatic rings. The fraction of sp³-hybridized carbons (Fsp3) is 1.00. The monoisotopic (exact) mass is 232 g/mol. The number of ether oxygens (including phenoxy) is 2. The first-order valence-electron chi connectivity index (χ1n) is 5.54. The van der Waals surface area contributed by atoms with E-state index >= 15 is 0 Å². The minimum absolute atomic E-state index is 0.00972. The second kappa shape index (κ2) is 4.16. The van der Waals surface area contributed by atoms with Crippen molar-refractivity contribution in [2.45, 2.75) is 46.2 Å². The van der Waals surface area contributed by atoms with Crippen molar-refractivity contribution in [2.24, 2.45) is 5.41 Å². The third-order valence-corrected chi connectivity index (χ3v) is 3.40. The first-order chi connectivity index (χ1) is 6.62. The quantitative estimate of drug-likeness (QED) is 0.700. The van der Waals surface area contributed by atoms with Crippen molar-refractivity contribution in [3.05, 3.63) is 0 Å². The van der Waals surface area contributed by atoms with E-state index in [2.05, 4.69) is 26.6 Å². The fourth-order valence-corrected chi connectivity index (χ4v) is 2.03. The Labute approximate surface area is 94.2 Å². The molecule has 15 heavy (non-hydrogen) atoms. The topological polar surface area (TPSA) is 27.7 Å². The van der Waals surface area contributed by atoms with E-state index in [0.717, 1.165) is 6.61 Å². The van der Waals surface area contributed by atoms with Crippen LogP contribution in [0.3, 0.4) is 0 Å². The lowest BCUT2D eigenvalue weighted by Crippen LogP contribution is -2.48. The van der Waals surface area contributed by atoms with Gasteiger partial charge in [-0.3, -0.25) is 0 Å². The summed E-state index contributed by atoms with van der Waals surface area (Å²) in [6.07, 6.45) is 0. The van der Waals surface area contributed by atoms with Crippen molar-refractivity contribution in [1.82, 2.24) is 0 Å². The van der Waals surface area contributed by atoms with Crippen molar-refractivity contribution in [2.75, 3.05) is 19.8 Å². The lowest BCUT2D eigenvalue weighted by molar-refractivity contribution is -0.285. The molecule has 1 heterocycles. The van der Waals surface area contributed by atoms with Gasteiger partial charge in [0.15, 0.2) is 14.1 Å². The van der Waals surface area contributed by atoms with Crippen molar-refractivity contribution in [3.63, 3.8) is 0 Å². The molecular weight excluding hydrogens is 208 g/mol. The Hall–Kier alpha value is 0.0969. The summed E-state index contributed by atoms with van der Waals surface area (Å²) in [5.74, 6) is -0.432. The standard InChI is InChI=1S/C11H24O3Si/c1-10(2)12-7-11(3,8-13-10)9-14-15(4,5)6/h7-9H2,1-6H3. The van der Waals surface area contributed by atoms with Crippen LogP contribution in [0.2, 0.25) is 19.6 Å². The Kier molecular flexibility index (Phi) is 3.65. The van der Waals surface area contributed by atoms with E-state index in [-0.39, 0.29) is 5.41 Å². The zero-order chi connectivity index (χ0) is 11.7. The minimum atomic E-state index is -1.44. The number of hydrogen-bond acceptors (Lipinski definition) is 3. The van der Waals surface area contributed by atoms with Gasteiger partial charge in [0.05, 0.1) is 13.2 Å². The van der Waals surface area contributed by atoms with Gasteiger partial charge in [-0.25, -0.2) is 0 Å². The van der Waals surface area contributed by atoms with Crippen molar-refractivity contribution >= 4 is 8.32 Å². The molecule has 0 amide bonds. The zero-order valence-corrected chi connectivity index (χ0v) is 11.8. The normalized spacial score (nSPS) is 25.2. The van der Waals surface area contributed by atoms with E-state index in [9.17, 15) is 0 Å². The maximum atomic E-state index is 5.92. The molecule has 0 aromatic heterocycles. The molecule has 1 fully saturated rings. The van der Waals surface area contributed by atoms with Gasteiger partial charge >= 0.3 is 0 Å².